The molecule has 0 saturated carbocycles. The average Bonchev–Trinajstić information content (AvgIpc) is 3.27. The van der Waals surface area contributed by atoms with Crippen molar-refractivity contribution < 1.29 is 4.79 Å². The number of hydrogen-bond acceptors (Lipinski definition) is 3. The smallest absolute Gasteiger partial charge is 0.319 e. The molecule has 6 nitrogen and oxygen atoms in total. The summed E-state index contributed by atoms with van der Waals surface area (Å²) in [5.41, 5.74) is 3.94. The highest BCUT2D eigenvalue weighted by Crippen LogP contribution is 2.33. The Kier molecular flexibility index (Phi) is 5.36. The van der Waals surface area contributed by atoms with Crippen LogP contribution in [0, 0.1) is 13.8 Å². The van der Waals surface area contributed by atoms with Crippen LogP contribution in [-0.2, 0) is 0 Å². The molecule has 29 heavy (non-hydrogen) atoms. The Morgan fingerprint density at radius 2 is 1.93 bits per heavy atom. The Morgan fingerprint density at radius 1 is 1.14 bits per heavy atom. The number of hydrogen-bond donors (Lipinski definition) is 2. The Balaban J connectivity index is 1.43. The lowest BCUT2D eigenvalue weighted by atomic mass is 9.96. The lowest BCUT2D eigenvalue weighted by Gasteiger charge is -2.15. The van der Waals surface area contributed by atoms with Gasteiger partial charge in [0.15, 0.2) is 5.82 Å². The van der Waals surface area contributed by atoms with Gasteiger partial charge in [0, 0.05) is 40.1 Å². The highest BCUT2D eigenvalue weighted by molar-refractivity contribution is 6.30. The van der Waals surface area contributed by atoms with E-state index in [0.29, 0.717) is 10.7 Å². The molecule has 0 aliphatic heterocycles. The fourth-order valence-electron chi connectivity index (χ4n) is 3.78. The Morgan fingerprint density at radius 3 is 2.66 bits per heavy atom. The van der Waals surface area contributed by atoms with Crippen molar-refractivity contribution in [2.75, 3.05) is 5.32 Å². The first kappa shape index (κ1) is 19.2. The highest BCUT2D eigenvalue weighted by atomic mass is 35.5. The number of nitrogens with zero attached hydrogens (tertiary/aromatic N) is 3. The molecule has 1 aliphatic carbocycles. The van der Waals surface area contributed by atoms with Gasteiger partial charge < -0.3 is 10.6 Å². The molecule has 2 N–H and O–H groups in total. The molecule has 1 aromatic carbocycles. The van der Waals surface area contributed by atoms with E-state index >= 15 is 0 Å². The zero-order chi connectivity index (χ0) is 20.4. The number of aryl methyl sites for hydroxylation is 1. The van der Waals surface area contributed by atoms with Crippen LogP contribution in [0.4, 0.5) is 10.5 Å². The summed E-state index contributed by atoms with van der Waals surface area (Å²) in [5.74, 6) is 1.01. The number of carbonyl (C=O) groups excluding carboxylic acids is 1. The van der Waals surface area contributed by atoms with Gasteiger partial charge in [-0.2, -0.15) is 5.10 Å². The second kappa shape index (κ2) is 8.09. The molecule has 2 amide bonds. The number of urea groups is 1. The van der Waals surface area contributed by atoms with Gasteiger partial charge in [-0.3, -0.25) is 0 Å². The maximum atomic E-state index is 12.3. The van der Waals surface area contributed by atoms with Crippen molar-refractivity contribution in [3.63, 3.8) is 0 Å². The minimum absolute atomic E-state index is 0.0377. The molecular weight excluding hydrogens is 386 g/mol. The molecule has 7 heteroatoms. The van der Waals surface area contributed by atoms with E-state index in [9.17, 15) is 4.79 Å². The number of aromatic nitrogens is 3. The first-order valence-electron chi connectivity index (χ1n) is 9.50. The monoisotopic (exact) mass is 407 g/mol. The van der Waals surface area contributed by atoms with E-state index in [1.54, 1.807) is 30.5 Å². The molecule has 0 fully saturated rings. The molecule has 0 unspecified atom stereocenters. The third-order valence-corrected chi connectivity index (χ3v) is 5.34. The molecule has 1 aliphatic rings. The van der Waals surface area contributed by atoms with Gasteiger partial charge >= 0.3 is 6.03 Å². The molecule has 2 heterocycles. The first-order chi connectivity index (χ1) is 14.0. The number of pyridine rings is 1. The summed E-state index contributed by atoms with van der Waals surface area (Å²) in [5, 5.41) is 11.2. The summed E-state index contributed by atoms with van der Waals surface area (Å²) in [6.07, 6.45) is 6.75. The molecule has 2 atom stereocenters. The molecule has 148 valence electrons. The number of rotatable bonds is 4. The second-order valence-electron chi connectivity index (χ2n) is 7.12. The van der Waals surface area contributed by atoms with Crippen molar-refractivity contribution in [2.24, 2.45) is 0 Å². The van der Waals surface area contributed by atoms with Gasteiger partial charge in [-0.25, -0.2) is 14.5 Å². The average molecular weight is 408 g/mol. The Hall–Kier alpha value is -3.12. The molecule has 4 rings (SSSR count). The largest absolute Gasteiger partial charge is 0.332 e. The fraction of sp³-hybridized carbons (Fsp3) is 0.227. The predicted octanol–water partition coefficient (Wildman–Crippen LogP) is 4.77. The maximum absolute atomic E-state index is 12.3. The van der Waals surface area contributed by atoms with Crippen molar-refractivity contribution in [3.8, 4) is 5.82 Å². The number of halogens is 1. The SMILES string of the molecule is Cc1nn(-c2ccccn2)c(C)c1[C@@H]1C=C[C@@H](NC(=O)Nc2ccc(Cl)cc2)C1. The maximum Gasteiger partial charge on any atom is 0.319 e. The van der Waals surface area contributed by atoms with Crippen LogP contribution in [0.25, 0.3) is 5.82 Å². The van der Waals surface area contributed by atoms with E-state index in [4.69, 9.17) is 11.6 Å². The number of nitrogens with one attached hydrogen (secondary N) is 2. The normalized spacial score (nSPS) is 18.0. The summed E-state index contributed by atoms with van der Waals surface area (Å²) in [6.45, 7) is 4.08. The minimum Gasteiger partial charge on any atom is -0.332 e. The van der Waals surface area contributed by atoms with E-state index in [-0.39, 0.29) is 18.0 Å². The molecule has 0 radical (unpaired) electrons. The van der Waals surface area contributed by atoms with Gasteiger partial charge in [0.25, 0.3) is 0 Å². The van der Waals surface area contributed by atoms with E-state index in [1.165, 1.54) is 5.56 Å². The lowest BCUT2D eigenvalue weighted by Crippen LogP contribution is -2.36. The van der Waals surface area contributed by atoms with Crippen LogP contribution in [0.5, 0.6) is 0 Å². The van der Waals surface area contributed by atoms with Crippen molar-refractivity contribution in [1.29, 1.82) is 0 Å². The first-order valence-corrected chi connectivity index (χ1v) is 9.88. The third-order valence-electron chi connectivity index (χ3n) is 5.09. The van der Waals surface area contributed by atoms with Crippen molar-refractivity contribution in [3.05, 3.63) is 82.8 Å². The minimum atomic E-state index is -0.236. The van der Waals surface area contributed by atoms with E-state index < -0.39 is 0 Å². The van der Waals surface area contributed by atoms with Crippen LogP contribution in [-0.4, -0.2) is 26.8 Å². The van der Waals surface area contributed by atoms with Crippen LogP contribution in [0.15, 0.2) is 60.8 Å². The Labute approximate surface area is 174 Å². The number of allylic oxidation sites excluding steroid dienone is 1. The highest BCUT2D eigenvalue weighted by Gasteiger charge is 2.27. The van der Waals surface area contributed by atoms with Gasteiger partial charge in [-0.05, 0) is 56.7 Å². The second-order valence-corrected chi connectivity index (χ2v) is 7.56. The van der Waals surface area contributed by atoms with Crippen LogP contribution in [0.1, 0.15) is 29.3 Å². The van der Waals surface area contributed by atoms with Crippen LogP contribution < -0.4 is 10.6 Å². The zero-order valence-corrected chi connectivity index (χ0v) is 17.0. The molecule has 0 spiro atoms. The molecule has 0 saturated heterocycles. The summed E-state index contributed by atoms with van der Waals surface area (Å²) >= 11 is 5.88. The fourth-order valence-corrected chi connectivity index (χ4v) is 3.91. The van der Waals surface area contributed by atoms with Crippen molar-refractivity contribution in [2.45, 2.75) is 32.2 Å². The van der Waals surface area contributed by atoms with Crippen LogP contribution in [0.3, 0.4) is 0 Å². The van der Waals surface area contributed by atoms with Gasteiger partial charge in [-0.1, -0.05) is 29.8 Å². The zero-order valence-electron chi connectivity index (χ0n) is 16.3. The number of amides is 2. The number of anilines is 1. The number of carbonyl (C=O) groups is 1. The summed E-state index contributed by atoms with van der Waals surface area (Å²) in [6, 6.07) is 12.5. The van der Waals surface area contributed by atoms with Crippen molar-refractivity contribution >= 4 is 23.3 Å². The summed E-state index contributed by atoms with van der Waals surface area (Å²) in [7, 11) is 0. The van der Waals surface area contributed by atoms with E-state index in [0.717, 1.165) is 23.6 Å². The van der Waals surface area contributed by atoms with Gasteiger partial charge in [0.1, 0.15) is 0 Å². The molecule has 0 bridgehead atoms. The molecular formula is C22H22ClN5O. The van der Waals surface area contributed by atoms with Gasteiger partial charge in [0.2, 0.25) is 0 Å². The quantitative estimate of drug-likeness (QED) is 0.612. The van der Waals surface area contributed by atoms with Gasteiger partial charge in [0.05, 0.1) is 5.69 Å². The molecule has 3 aromatic rings. The number of benzene rings is 1. The lowest BCUT2D eigenvalue weighted by molar-refractivity contribution is 0.250. The standard InChI is InChI=1S/C22H22ClN5O/c1-14-21(15(2)28(27-14)20-5-3-4-12-24-20)16-6-9-19(13-16)26-22(29)25-18-10-7-17(23)8-11-18/h3-12,16,19H,13H2,1-2H3,(H2,25,26,29)/t16-,19-/m1/s1. The predicted molar refractivity (Wildman–Crippen MR) is 115 cm³/mol. The van der Waals surface area contributed by atoms with Crippen molar-refractivity contribution in [1.82, 2.24) is 20.1 Å². The summed E-state index contributed by atoms with van der Waals surface area (Å²) in [4.78, 5) is 16.7. The third kappa shape index (κ3) is 4.17. The van der Waals surface area contributed by atoms with Crippen LogP contribution >= 0.6 is 11.6 Å². The molecule has 2 aromatic heterocycles. The van der Waals surface area contributed by atoms with Crippen LogP contribution in [0.2, 0.25) is 5.02 Å². The van der Waals surface area contributed by atoms with Gasteiger partial charge in [-0.15, -0.1) is 0 Å². The van der Waals surface area contributed by atoms with E-state index in [2.05, 4.69) is 33.7 Å². The van der Waals surface area contributed by atoms with E-state index in [1.807, 2.05) is 35.9 Å². The Bertz CT molecular complexity index is 1040. The summed E-state index contributed by atoms with van der Waals surface area (Å²) < 4.78 is 1.88. The topological polar surface area (TPSA) is 71.8 Å².